The van der Waals surface area contributed by atoms with Crippen LogP contribution >= 0.6 is 0 Å². The molecule has 0 aliphatic carbocycles. The van der Waals surface area contributed by atoms with Crippen molar-refractivity contribution in [1.29, 1.82) is 0 Å². The number of rotatable bonds is 31. The van der Waals surface area contributed by atoms with E-state index in [-0.39, 0.29) is 12.4 Å². The van der Waals surface area contributed by atoms with E-state index >= 15 is 0 Å². The Morgan fingerprint density at radius 2 is 0.949 bits per heavy atom. The third-order valence-electron chi connectivity index (χ3n) is 7.77. The number of allylic oxidation sites excluding steroid dienone is 2. The van der Waals surface area contributed by atoms with Crippen molar-refractivity contribution in [2.45, 2.75) is 187 Å². The van der Waals surface area contributed by atoms with Crippen molar-refractivity contribution in [2.24, 2.45) is 5.92 Å². The minimum atomic E-state index is -0.916. The maximum atomic E-state index is 12.0. The van der Waals surface area contributed by atoms with Gasteiger partial charge in [-0.15, -0.1) is 0 Å². The molecular weight excluding hydrogens is 484 g/mol. The zero-order valence-corrected chi connectivity index (χ0v) is 26.2. The predicted molar refractivity (Wildman–Crippen MR) is 167 cm³/mol. The van der Waals surface area contributed by atoms with Gasteiger partial charge in [-0.25, -0.2) is 0 Å². The quantitative estimate of drug-likeness (QED) is 0.0529. The van der Waals surface area contributed by atoms with Gasteiger partial charge in [-0.3, -0.25) is 9.59 Å². The molecule has 0 rings (SSSR count). The summed E-state index contributed by atoms with van der Waals surface area (Å²) < 4.78 is 5.16. The van der Waals surface area contributed by atoms with E-state index in [4.69, 9.17) is 9.84 Å². The van der Waals surface area contributed by atoms with Crippen LogP contribution in [0.15, 0.2) is 12.2 Å². The van der Waals surface area contributed by atoms with Crippen LogP contribution in [0.1, 0.15) is 187 Å². The van der Waals surface area contributed by atoms with Gasteiger partial charge >= 0.3 is 11.9 Å². The van der Waals surface area contributed by atoms with Gasteiger partial charge < -0.3 is 9.84 Å². The maximum Gasteiger partial charge on any atom is 0.309 e. The Labute approximate surface area is 243 Å². The fourth-order valence-corrected chi connectivity index (χ4v) is 5.24. The van der Waals surface area contributed by atoms with Crippen LogP contribution in [-0.2, 0) is 14.3 Å². The minimum Gasteiger partial charge on any atom is -0.481 e. The summed E-state index contributed by atoms with van der Waals surface area (Å²) in [6, 6.07) is 0. The first-order chi connectivity index (χ1) is 19.1. The first kappa shape index (κ1) is 37.7. The van der Waals surface area contributed by atoms with Crippen LogP contribution in [0.5, 0.6) is 0 Å². The van der Waals surface area contributed by atoms with Gasteiger partial charge in [0.25, 0.3) is 0 Å². The van der Waals surface area contributed by atoms with Gasteiger partial charge in [0, 0.05) is 0 Å². The molecule has 1 atom stereocenters. The van der Waals surface area contributed by atoms with Crippen molar-refractivity contribution in [3.63, 3.8) is 0 Å². The van der Waals surface area contributed by atoms with Crippen molar-refractivity contribution in [3.8, 4) is 0 Å². The highest BCUT2D eigenvalue weighted by molar-refractivity contribution is 5.79. The standard InChI is InChI=1S/C35H66O4/c1-3-5-6-7-8-9-10-11-12-13-14-15-16-17-18-19-20-21-22-23-24-25-26-27-28-29-30-33(32-34(36)37)35(38)39-31-4-2/h14-15,33H,3-13,16-32H2,1-2H3,(H,36,37)/b15-14+. The first-order valence-corrected chi connectivity index (χ1v) is 17.1. The highest BCUT2D eigenvalue weighted by Crippen LogP contribution is 2.18. The third-order valence-corrected chi connectivity index (χ3v) is 7.77. The molecule has 39 heavy (non-hydrogen) atoms. The Kier molecular flexibility index (Phi) is 30.2. The second kappa shape index (κ2) is 31.2. The van der Waals surface area contributed by atoms with E-state index in [9.17, 15) is 9.59 Å². The second-order valence-corrected chi connectivity index (χ2v) is 11.7. The van der Waals surface area contributed by atoms with Crippen molar-refractivity contribution in [2.75, 3.05) is 6.61 Å². The van der Waals surface area contributed by atoms with Crippen LogP contribution in [0, 0.1) is 5.92 Å². The number of aliphatic carboxylic acids is 1. The molecule has 4 heteroatoms. The van der Waals surface area contributed by atoms with Gasteiger partial charge in [-0.05, 0) is 38.5 Å². The number of carboxylic acids is 1. The van der Waals surface area contributed by atoms with E-state index in [1.807, 2.05) is 6.92 Å². The molecule has 0 aliphatic heterocycles. The fraction of sp³-hybridized carbons (Fsp3) is 0.886. The molecule has 1 N–H and O–H groups in total. The van der Waals surface area contributed by atoms with Crippen LogP contribution < -0.4 is 0 Å². The molecule has 1 unspecified atom stereocenters. The molecule has 0 amide bonds. The molecule has 0 saturated heterocycles. The summed E-state index contributed by atoms with van der Waals surface area (Å²) in [4.78, 5) is 23.0. The van der Waals surface area contributed by atoms with Crippen LogP contribution in [0.4, 0.5) is 0 Å². The topological polar surface area (TPSA) is 63.6 Å². The Hall–Kier alpha value is -1.32. The number of esters is 1. The molecule has 0 radical (unpaired) electrons. The molecule has 230 valence electrons. The van der Waals surface area contributed by atoms with E-state index in [1.54, 1.807) is 0 Å². The lowest BCUT2D eigenvalue weighted by molar-refractivity contribution is -0.153. The summed E-state index contributed by atoms with van der Waals surface area (Å²) in [6.07, 6.45) is 38.0. The molecule has 0 spiro atoms. The number of hydrogen-bond donors (Lipinski definition) is 1. The van der Waals surface area contributed by atoms with Crippen LogP contribution in [-0.4, -0.2) is 23.7 Å². The number of carbonyl (C=O) groups is 2. The van der Waals surface area contributed by atoms with Gasteiger partial charge in [-0.2, -0.15) is 0 Å². The molecule has 0 aromatic heterocycles. The molecule has 0 saturated carbocycles. The van der Waals surface area contributed by atoms with Crippen LogP contribution in [0.2, 0.25) is 0 Å². The van der Waals surface area contributed by atoms with Crippen molar-refractivity contribution < 1.29 is 19.4 Å². The van der Waals surface area contributed by atoms with Gasteiger partial charge in [0.1, 0.15) is 0 Å². The average Bonchev–Trinajstić information content (AvgIpc) is 2.92. The summed E-state index contributed by atoms with van der Waals surface area (Å²) in [6.45, 7) is 4.61. The molecule has 0 aromatic rings. The van der Waals surface area contributed by atoms with Gasteiger partial charge in [-0.1, -0.05) is 154 Å². The minimum absolute atomic E-state index is 0.112. The summed E-state index contributed by atoms with van der Waals surface area (Å²) in [5, 5.41) is 9.05. The van der Waals surface area contributed by atoms with E-state index in [2.05, 4.69) is 19.1 Å². The Morgan fingerprint density at radius 3 is 1.33 bits per heavy atom. The lowest BCUT2D eigenvalue weighted by Crippen LogP contribution is -2.21. The number of hydrogen-bond acceptors (Lipinski definition) is 3. The number of unbranched alkanes of at least 4 members (excludes halogenated alkanes) is 22. The molecular formula is C35H66O4. The lowest BCUT2D eigenvalue weighted by atomic mass is 9.97. The number of ether oxygens (including phenoxy) is 1. The Balaban J connectivity index is 3.35. The second-order valence-electron chi connectivity index (χ2n) is 11.7. The van der Waals surface area contributed by atoms with Crippen LogP contribution in [0.3, 0.4) is 0 Å². The molecule has 0 aromatic carbocycles. The maximum absolute atomic E-state index is 12.0. The summed E-state index contributed by atoms with van der Waals surface area (Å²) in [7, 11) is 0. The first-order valence-electron chi connectivity index (χ1n) is 17.1. The highest BCUT2D eigenvalue weighted by atomic mass is 16.5. The van der Waals surface area contributed by atoms with Gasteiger partial charge in [0.15, 0.2) is 0 Å². The number of carboxylic acid groups (broad SMARTS) is 1. The summed E-state index contributed by atoms with van der Waals surface area (Å²) in [5.41, 5.74) is 0. The van der Waals surface area contributed by atoms with E-state index < -0.39 is 11.9 Å². The SMILES string of the molecule is CCCCCCCCCCC/C=C/CCCCCCCCCCCCCCCC(CC(=O)O)C(=O)OCCC. The van der Waals surface area contributed by atoms with Crippen molar-refractivity contribution in [1.82, 2.24) is 0 Å². The zero-order valence-electron chi connectivity index (χ0n) is 26.2. The molecule has 0 fully saturated rings. The average molecular weight is 551 g/mol. The summed E-state index contributed by atoms with van der Waals surface area (Å²) >= 11 is 0. The Morgan fingerprint density at radius 1 is 0.564 bits per heavy atom. The van der Waals surface area contributed by atoms with E-state index in [0.717, 1.165) is 19.3 Å². The van der Waals surface area contributed by atoms with Crippen molar-refractivity contribution >= 4 is 11.9 Å². The van der Waals surface area contributed by atoms with Gasteiger partial charge in [0.2, 0.25) is 0 Å². The van der Waals surface area contributed by atoms with E-state index in [1.165, 1.54) is 141 Å². The van der Waals surface area contributed by atoms with Gasteiger partial charge in [0.05, 0.1) is 18.9 Å². The van der Waals surface area contributed by atoms with Crippen LogP contribution in [0.25, 0.3) is 0 Å². The lowest BCUT2D eigenvalue weighted by Gasteiger charge is -2.13. The summed E-state index contributed by atoms with van der Waals surface area (Å²) in [5.74, 6) is -1.74. The normalized spacial score (nSPS) is 12.3. The molecule has 0 aliphatic rings. The smallest absolute Gasteiger partial charge is 0.309 e. The number of carbonyl (C=O) groups excluding carboxylic acids is 1. The molecule has 0 bridgehead atoms. The monoisotopic (exact) mass is 550 g/mol. The fourth-order valence-electron chi connectivity index (χ4n) is 5.24. The zero-order chi connectivity index (χ0) is 28.7. The predicted octanol–water partition coefficient (Wildman–Crippen LogP) is 11.4. The third kappa shape index (κ3) is 29.5. The highest BCUT2D eigenvalue weighted by Gasteiger charge is 2.22. The van der Waals surface area contributed by atoms with E-state index in [0.29, 0.717) is 13.0 Å². The molecule has 4 nitrogen and oxygen atoms in total. The largest absolute Gasteiger partial charge is 0.481 e. The molecule has 0 heterocycles. The van der Waals surface area contributed by atoms with Crippen molar-refractivity contribution in [3.05, 3.63) is 12.2 Å². The Bertz CT molecular complexity index is 557.